The van der Waals surface area contributed by atoms with Crippen LogP contribution in [-0.2, 0) is 6.18 Å². The molecule has 4 heterocycles. The van der Waals surface area contributed by atoms with Crippen LogP contribution in [0.2, 0.25) is 0 Å². The van der Waals surface area contributed by atoms with E-state index in [0.717, 1.165) is 12.1 Å². The number of oxazole rings is 1. The number of carbonyl (C=O) groups excluding carboxylic acids is 1. The van der Waals surface area contributed by atoms with Crippen molar-refractivity contribution in [2.24, 2.45) is 0 Å². The molecule has 0 unspecified atom stereocenters. The summed E-state index contributed by atoms with van der Waals surface area (Å²) in [4.78, 5) is 20.5. The van der Waals surface area contributed by atoms with Crippen LogP contribution in [0.1, 0.15) is 21.8 Å². The molecule has 3 aromatic heterocycles. The average Bonchev–Trinajstić information content (AvgIpc) is 3.63. The molecule has 0 spiro atoms. The third kappa shape index (κ3) is 4.38. The molecular weight excluding hydrogens is 465 g/mol. The SMILES string of the molecule is N#Cc1nc(-c2ccco2)oc1N1CCN(C(=O)c2ccc(-c3cccc(C(F)(F)F)c3)o2)CC1. The lowest BCUT2D eigenvalue weighted by Gasteiger charge is -2.34. The topological polar surface area (TPSA) is 99.6 Å². The summed E-state index contributed by atoms with van der Waals surface area (Å²) >= 11 is 0. The Bertz CT molecular complexity index is 1390. The number of halogens is 3. The zero-order valence-corrected chi connectivity index (χ0v) is 18.1. The lowest BCUT2D eigenvalue weighted by molar-refractivity contribution is -0.137. The standard InChI is InChI=1S/C24H17F3N4O4/c25-24(26,27)16-4-1-3-15(13-16)18-6-7-20(34-18)22(32)30-8-10-31(11-9-30)23-17(14-28)29-21(35-23)19-5-2-12-33-19/h1-7,12-13H,8-11H2. The van der Waals surface area contributed by atoms with E-state index in [0.29, 0.717) is 37.8 Å². The third-order valence-electron chi connectivity index (χ3n) is 5.59. The fourth-order valence-electron chi connectivity index (χ4n) is 3.83. The second-order valence-corrected chi connectivity index (χ2v) is 7.78. The summed E-state index contributed by atoms with van der Waals surface area (Å²) in [6.45, 7) is 1.41. The van der Waals surface area contributed by atoms with Crippen molar-refractivity contribution in [2.75, 3.05) is 31.1 Å². The normalized spacial score (nSPS) is 14.2. The first kappa shape index (κ1) is 22.3. The van der Waals surface area contributed by atoms with Gasteiger partial charge in [-0.1, -0.05) is 12.1 Å². The number of alkyl halides is 3. The van der Waals surface area contributed by atoms with Gasteiger partial charge in [0.05, 0.1) is 11.8 Å². The van der Waals surface area contributed by atoms with E-state index >= 15 is 0 Å². The molecule has 4 aromatic rings. The molecule has 8 nitrogen and oxygen atoms in total. The van der Waals surface area contributed by atoms with Gasteiger partial charge >= 0.3 is 6.18 Å². The van der Waals surface area contributed by atoms with Crippen molar-refractivity contribution < 1.29 is 31.2 Å². The summed E-state index contributed by atoms with van der Waals surface area (Å²) in [6.07, 6.45) is -3.00. The maximum Gasteiger partial charge on any atom is 0.416 e. The summed E-state index contributed by atoms with van der Waals surface area (Å²) in [5, 5.41) is 9.44. The number of anilines is 1. The van der Waals surface area contributed by atoms with Gasteiger partial charge in [-0.05, 0) is 36.4 Å². The fourth-order valence-corrected chi connectivity index (χ4v) is 3.83. The number of hydrogen-bond acceptors (Lipinski definition) is 7. The molecule has 0 atom stereocenters. The smallest absolute Gasteiger partial charge is 0.416 e. The first-order valence-electron chi connectivity index (χ1n) is 10.6. The molecule has 1 fully saturated rings. The summed E-state index contributed by atoms with van der Waals surface area (Å²) in [5.74, 6) is 0.717. The second-order valence-electron chi connectivity index (χ2n) is 7.78. The van der Waals surface area contributed by atoms with Crippen molar-refractivity contribution in [3.63, 3.8) is 0 Å². The molecule has 0 aliphatic carbocycles. The Labute approximate surface area is 196 Å². The highest BCUT2D eigenvalue weighted by Crippen LogP contribution is 2.33. The van der Waals surface area contributed by atoms with Crippen molar-refractivity contribution in [1.29, 1.82) is 5.26 Å². The quantitative estimate of drug-likeness (QED) is 0.401. The Morgan fingerprint density at radius 2 is 1.80 bits per heavy atom. The van der Waals surface area contributed by atoms with Crippen LogP contribution in [0.15, 0.2) is 68.0 Å². The third-order valence-corrected chi connectivity index (χ3v) is 5.59. The highest BCUT2D eigenvalue weighted by atomic mass is 19.4. The number of carbonyl (C=O) groups is 1. The van der Waals surface area contributed by atoms with E-state index < -0.39 is 11.7 Å². The Morgan fingerprint density at radius 1 is 1.00 bits per heavy atom. The van der Waals surface area contributed by atoms with Gasteiger partial charge in [-0.3, -0.25) is 4.79 Å². The van der Waals surface area contributed by atoms with Crippen LogP contribution >= 0.6 is 0 Å². The fraction of sp³-hybridized carbons (Fsp3) is 0.208. The lowest BCUT2D eigenvalue weighted by atomic mass is 10.1. The molecule has 35 heavy (non-hydrogen) atoms. The van der Waals surface area contributed by atoms with Crippen molar-refractivity contribution in [3.05, 3.63) is 71.8 Å². The van der Waals surface area contributed by atoms with Gasteiger partial charge in [0.1, 0.15) is 11.8 Å². The van der Waals surface area contributed by atoms with Gasteiger partial charge in [0.15, 0.2) is 11.5 Å². The van der Waals surface area contributed by atoms with Gasteiger partial charge in [0.25, 0.3) is 11.8 Å². The van der Waals surface area contributed by atoms with Gasteiger partial charge < -0.3 is 23.1 Å². The monoisotopic (exact) mass is 482 g/mol. The van der Waals surface area contributed by atoms with Crippen molar-refractivity contribution in [2.45, 2.75) is 6.18 Å². The van der Waals surface area contributed by atoms with Gasteiger partial charge in [-0.15, -0.1) is 0 Å². The number of aromatic nitrogens is 1. The van der Waals surface area contributed by atoms with Gasteiger partial charge in [-0.25, -0.2) is 0 Å². The zero-order valence-electron chi connectivity index (χ0n) is 18.1. The molecule has 1 aliphatic rings. The number of hydrogen-bond donors (Lipinski definition) is 0. The molecule has 0 bridgehead atoms. The van der Waals surface area contributed by atoms with E-state index in [1.165, 1.54) is 30.5 Å². The molecule has 0 N–H and O–H groups in total. The van der Waals surface area contributed by atoms with E-state index in [-0.39, 0.29) is 34.6 Å². The first-order valence-corrected chi connectivity index (χ1v) is 10.6. The number of amides is 1. The van der Waals surface area contributed by atoms with Crippen LogP contribution in [0.5, 0.6) is 0 Å². The number of rotatable bonds is 4. The van der Waals surface area contributed by atoms with Crippen LogP contribution in [0.25, 0.3) is 23.0 Å². The number of benzene rings is 1. The van der Waals surface area contributed by atoms with Crippen molar-refractivity contribution in [3.8, 4) is 29.0 Å². The number of nitriles is 1. The largest absolute Gasteiger partial charge is 0.459 e. The van der Waals surface area contributed by atoms with Crippen molar-refractivity contribution >= 4 is 11.8 Å². The molecule has 1 amide bonds. The van der Waals surface area contributed by atoms with Gasteiger partial charge in [0, 0.05) is 31.7 Å². The van der Waals surface area contributed by atoms with Crippen LogP contribution < -0.4 is 4.90 Å². The van der Waals surface area contributed by atoms with Crippen molar-refractivity contribution in [1.82, 2.24) is 9.88 Å². The highest BCUT2D eigenvalue weighted by molar-refractivity contribution is 5.92. The Balaban J connectivity index is 1.27. The minimum absolute atomic E-state index is 0.0309. The Hall–Kier alpha value is -4.46. The Morgan fingerprint density at radius 3 is 2.49 bits per heavy atom. The minimum atomic E-state index is -4.48. The van der Waals surface area contributed by atoms with E-state index in [1.54, 1.807) is 17.0 Å². The van der Waals surface area contributed by atoms with E-state index in [9.17, 15) is 23.2 Å². The zero-order chi connectivity index (χ0) is 24.6. The van der Waals surface area contributed by atoms with E-state index in [4.69, 9.17) is 13.3 Å². The predicted molar refractivity (Wildman–Crippen MR) is 116 cm³/mol. The van der Waals surface area contributed by atoms with Gasteiger partial charge in [-0.2, -0.15) is 23.4 Å². The first-order chi connectivity index (χ1) is 16.8. The lowest BCUT2D eigenvalue weighted by Crippen LogP contribution is -2.48. The molecule has 178 valence electrons. The highest BCUT2D eigenvalue weighted by Gasteiger charge is 2.31. The number of furan rings is 2. The van der Waals surface area contributed by atoms with E-state index in [1.807, 2.05) is 11.0 Å². The Kier molecular flexibility index (Phi) is 5.56. The molecule has 1 aliphatic heterocycles. The molecule has 1 saturated heterocycles. The molecular formula is C24H17F3N4O4. The molecule has 0 saturated carbocycles. The molecule has 0 radical (unpaired) electrons. The predicted octanol–water partition coefficient (Wildman–Crippen LogP) is 5.05. The summed E-state index contributed by atoms with van der Waals surface area (Å²) in [5.41, 5.74) is -0.451. The van der Waals surface area contributed by atoms with Crippen LogP contribution in [-0.4, -0.2) is 42.0 Å². The number of nitrogens with zero attached hydrogens (tertiary/aromatic N) is 4. The second kappa shape index (κ2) is 8.72. The van der Waals surface area contributed by atoms with Crippen LogP contribution in [0, 0.1) is 11.3 Å². The maximum atomic E-state index is 13.0. The molecule has 1 aromatic carbocycles. The van der Waals surface area contributed by atoms with E-state index in [2.05, 4.69) is 4.98 Å². The van der Waals surface area contributed by atoms with Crippen LogP contribution in [0.4, 0.5) is 19.1 Å². The number of piperazine rings is 1. The average molecular weight is 482 g/mol. The molecule has 11 heteroatoms. The van der Waals surface area contributed by atoms with Gasteiger partial charge in [0.2, 0.25) is 11.6 Å². The summed E-state index contributed by atoms with van der Waals surface area (Å²) in [7, 11) is 0. The molecule has 5 rings (SSSR count). The van der Waals surface area contributed by atoms with Crippen LogP contribution in [0.3, 0.4) is 0 Å². The minimum Gasteiger partial charge on any atom is -0.459 e. The summed E-state index contributed by atoms with van der Waals surface area (Å²) in [6, 6.07) is 13.0. The summed E-state index contributed by atoms with van der Waals surface area (Å²) < 4.78 is 55.6. The maximum absolute atomic E-state index is 13.0.